The molecule has 0 bridgehead atoms. The van der Waals surface area contributed by atoms with Crippen LogP contribution in [0, 0.1) is 5.92 Å². The molecule has 1 aliphatic heterocycles. The number of hydrogen-bond donors (Lipinski definition) is 2. The highest BCUT2D eigenvalue weighted by Gasteiger charge is 2.27. The smallest absolute Gasteiger partial charge is 0.224 e. The molecule has 0 aliphatic carbocycles. The van der Waals surface area contributed by atoms with Crippen LogP contribution in [0.2, 0.25) is 0 Å². The molecule has 5 heteroatoms. The highest BCUT2D eigenvalue weighted by atomic mass is 16.2. The molecule has 1 rings (SSSR count). The topological polar surface area (TPSA) is 75.4 Å². The zero-order chi connectivity index (χ0) is 12.1. The van der Waals surface area contributed by atoms with Gasteiger partial charge < -0.3 is 16.0 Å². The molecule has 2 unspecified atom stereocenters. The number of amides is 2. The lowest BCUT2D eigenvalue weighted by Gasteiger charge is -2.32. The molecule has 0 aromatic heterocycles. The van der Waals surface area contributed by atoms with Crippen LogP contribution in [0.1, 0.15) is 26.2 Å². The predicted molar refractivity (Wildman–Crippen MR) is 61.6 cm³/mol. The Kier molecular flexibility index (Phi) is 4.73. The van der Waals surface area contributed by atoms with Crippen molar-refractivity contribution < 1.29 is 9.59 Å². The van der Waals surface area contributed by atoms with E-state index in [9.17, 15) is 9.59 Å². The second-order valence-corrected chi connectivity index (χ2v) is 4.47. The molecular formula is C11H21N3O2. The number of rotatable bonds is 3. The van der Waals surface area contributed by atoms with Crippen molar-refractivity contribution in [1.82, 2.24) is 10.2 Å². The maximum absolute atomic E-state index is 11.8. The van der Waals surface area contributed by atoms with Crippen LogP contribution in [0.3, 0.4) is 0 Å². The van der Waals surface area contributed by atoms with E-state index in [1.54, 1.807) is 11.9 Å². The van der Waals surface area contributed by atoms with E-state index in [2.05, 4.69) is 5.32 Å². The summed E-state index contributed by atoms with van der Waals surface area (Å²) in [6.07, 6.45) is 2.12. The maximum Gasteiger partial charge on any atom is 0.224 e. The first-order chi connectivity index (χ1) is 7.54. The molecule has 3 N–H and O–H groups in total. The van der Waals surface area contributed by atoms with Crippen molar-refractivity contribution in [2.24, 2.45) is 11.7 Å². The second kappa shape index (κ2) is 5.84. The van der Waals surface area contributed by atoms with Crippen LogP contribution in [0.25, 0.3) is 0 Å². The van der Waals surface area contributed by atoms with E-state index < -0.39 is 0 Å². The molecule has 5 nitrogen and oxygen atoms in total. The van der Waals surface area contributed by atoms with E-state index >= 15 is 0 Å². The Morgan fingerprint density at radius 3 is 2.81 bits per heavy atom. The number of likely N-dealkylation sites (tertiary alicyclic amines) is 1. The number of piperidine rings is 1. The van der Waals surface area contributed by atoms with Crippen LogP contribution < -0.4 is 11.1 Å². The average Bonchev–Trinajstić information content (AvgIpc) is 2.27. The first-order valence-electron chi connectivity index (χ1n) is 5.79. The lowest BCUT2D eigenvalue weighted by molar-refractivity contribution is -0.135. The molecule has 0 aromatic carbocycles. The van der Waals surface area contributed by atoms with Crippen molar-refractivity contribution in [3.63, 3.8) is 0 Å². The van der Waals surface area contributed by atoms with Gasteiger partial charge in [0.25, 0.3) is 0 Å². The van der Waals surface area contributed by atoms with E-state index in [4.69, 9.17) is 5.73 Å². The minimum atomic E-state index is -0.118. The van der Waals surface area contributed by atoms with Crippen molar-refractivity contribution in [2.45, 2.75) is 32.2 Å². The van der Waals surface area contributed by atoms with Crippen molar-refractivity contribution in [3.8, 4) is 0 Å². The Hall–Kier alpha value is -1.10. The Balaban J connectivity index is 2.50. The Morgan fingerprint density at radius 2 is 2.25 bits per heavy atom. The molecule has 0 spiro atoms. The number of carbonyl (C=O) groups is 2. The standard InChI is InChI=1S/C11H21N3O2/c1-8(12)6-10(15)14-5-3-4-9(7-14)11(16)13-2/h8-9H,3-7,12H2,1-2H3,(H,13,16). The first kappa shape index (κ1) is 13.0. The van der Waals surface area contributed by atoms with Crippen molar-refractivity contribution in [3.05, 3.63) is 0 Å². The summed E-state index contributed by atoms with van der Waals surface area (Å²) in [5.41, 5.74) is 5.59. The molecule has 2 amide bonds. The monoisotopic (exact) mass is 227 g/mol. The second-order valence-electron chi connectivity index (χ2n) is 4.47. The van der Waals surface area contributed by atoms with Gasteiger partial charge in [0, 0.05) is 32.6 Å². The normalized spacial score (nSPS) is 22.7. The van der Waals surface area contributed by atoms with Gasteiger partial charge in [0.05, 0.1) is 5.92 Å². The van der Waals surface area contributed by atoms with Gasteiger partial charge in [-0.05, 0) is 19.8 Å². The van der Waals surface area contributed by atoms with E-state index in [0.29, 0.717) is 13.0 Å². The molecule has 16 heavy (non-hydrogen) atoms. The lowest BCUT2D eigenvalue weighted by Crippen LogP contribution is -2.45. The zero-order valence-corrected chi connectivity index (χ0v) is 10.0. The molecule has 0 saturated carbocycles. The fourth-order valence-electron chi connectivity index (χ4n) is 2.03. The molecule has 0 aromatic rings. The molecular weight excluding hydrogens is 206 g/mol. The highest BCUT2D eigenvalue weighted by molar-refractivity contribution is 5.81. The van der Waals surface area contributed by atoms with E-state index in [1.165, 1.54) is 0 Å². The summed E-state index contributed by atoms with van der Waals surface area (Å²) in [6, 6.07) is -0.118. The van der Waals surface area contributed by atoms with Gasteiger partial charge in [-0.1, -0.05) is 0 Å². The number of nitrogens with two attached hydrogens (primary N) is 1. The molecule has 1 aliphatic rings. The maximum atomic E-state index is 11.8. The SMILES string of the molecule is CNC(=O)C1CCCN(C(=O)CC(C)N)C1. The van der Waals surface area contributed by atoms with Gasteiger partial charge in [-0.25, -0.2) is 0 Å². The van der Waals surface area contributed by atoms with Crippen LogP contribution in [0.5, 0.6) is 0 Å². The van der Waals surface area contributed by atoms with Crippen molar-refractivity contribution in [1.29, 1.82) is 0 Å². The summed E-state index contributed by atoms with van der Waals surface area (Å²) in [4.78, 5) is 25.0. The highest BCUT2D eigenvalue weighted by Crippen LogP contribution is 2.17. The minimum absolute atomic E-state index is 0.0262. The predicted octanol–water partition coefficient (Wildman–Crippen LogP) is -0.292. The van der Waals surface area contributed by atoms with E-state index in [1.807, 2.05) is 6.92 Å². The number of carbonyl (C=O) groups excluding carboxylic acids is 2. The first-order valence-corrected chi connectivity index (χ1v) is 5.79. The summed E-state index contributed by atoms with van der Waals surface area (Å²) in [5.74, 6) is 0.0256. The minimum Gasteiger partial charge on any atom is -0.359 e. The van der Waals surface area contributed by atoms with Crippen molar-refractivity contribution >= 4 is 11.8 Å². The Morgan fingerprint density at radius 1 is 1.56 bits per heavy atom. The number of nitrogens with zero attached hydrogens (tertiary/aromatic N) is 1. The van der Waals surface area contributed by atoms with Gasteiger partial charge in [-0.2, -0.15) is 0 Å². The average molecular weight is 227 g/mol. The number of nitrogens with one attached hydrogen (secondary N) is 1. The van der Waals surface area contributed by atoms with Crippen LogP contribution in [-0.4, -0.2) is 42.9 Å². The number of hydrogen-bond acceptors (Lipinski definition) is 3. The quantitative estimate of drug-likeness (QED) is 0.695. The van der Waals surface area contributed by atoms with E-state index in [0.717, 1.165) is 19.4 Å². The van der Waals surface area contributed by atoms with E-state index in [-0.39, 0.29) is 23.8 Å². The zero-order valence-electron chi connectivity index (χ0n) is 10.0. The fourth-order valence-corrected chi connectivity index (χ4v) is 2.03. The van der Waals surface area contributed by atoms with Gasteiger partial charge >= 0.3 is 0 Å². The Labute approximate surface area is 96.4 Å². The van der Waals surface area contributed by atoms with Gasteiger partial charge in [-0.3, -0.25) is 9.59 Å². The van der Waals surface area contributed by atoms with Gasteiger partial charge in [-0.15, -0.1) is 0 Å². The molecule has 92 valence electrons. The molecule has 0 radical (unpaired) electrons. The van der Waals surface area contributed by atoms with Crippen molar-refractivity contribution in [2.75, 3.05) is 20.1 Å². The third kappa shape index (κ3) is 3.48. The molecule has 1 heterocycles. The van der Waals surface area contributed by atoms with Gasteiger partial charge in [0.15, 0.2) is 0 Å². The molecule has 1 saturated heterocycles. The Bertz CT molecular complexity index is 266. The van der Waals surface area contributed by atoms with Crippen LogP contribution in [0.15, 0.2) is 0 Å². The van der Waals surface area contributed by atoms with Gasteiger partial charge in [0.2, 0.25) is 11.8 Å². The summed E-state index contributed by atoms with van der Waals surface area (Å²) in [5, 5.41) is 2.63. The van der Waals surface area contributed by atoms with Gasteiger partial charge in [0.1, 0.15) is 0 Å². The third-order valence-electron chi connectivity index (χ3n) is 2.89. The lowest BCUT2D eigenvalue weighted by atomic mass is 9.97. The summed E-state index contributed by atoms with van der Waals surface area (Å²) >= 11 is 0. The van der Waals surface area contributed by atoms with Crippen LogP contribution >= 0.6 is 0 Å². The molecule has 1 fully saturated rings. The summed E-state index contributed by atoms with van der Waals surface area (Å²) < 4.78 is 0. The summed E-state index contributed by atoms with van der Waals surface area (Å²) in [6.45, 7) is 3.10. The third-order valence-corrected chi connectivity index (χ3v) is 2.89. The van der Waals surface area contributed by atoms with Crippen LogP contribution in [0.4, 0.5) is 0 Å². The molecule has 2 atom stereocenters. The van der Waals surface area contributed by atoms with Crippen LogP contribution in [-0.2, 0) is 9.59 Å². The largest absolute Gasteiger partial charge is 0.359 e. The summed E-state index contributed by atoms with van der Waals surface area (Å²) in [7, 11) is 1.63. The fraction of sp³-hybridized carbons (Fsp3) is 0.818.